The van der Waals surface area contributed by atoms with Crippen molar-refractivity contribution in [1.82, 2.24) is 10.3 Å². The molecule has 4 nitrogen and oxygen atoms in total. The minimum atomic E-state index is 0.0583. The highest BCUT2D eigenvalue weighted by atomic mass is 32.1. The maximum atomic E-state index is 11.6. The lowest BCUT2D eigenvalue weighted by molar-refractivity contribution is -0.122. The highest BCUT2D eigenvalue weighted by Gasteiger charge is 2.10. The smallest absolute Gasteiger partial charge is 0.220 e. The molecule has 0 aliphatic rings. The number of nitrogens with two attached hydrogens (primary N) is 1. The van der Waals surface area contributed by atoms with E-state index in [1.54, 1.807) is 11.3 Å². The molecule has 0 aliphatic heterocycles. The molecular weight excluding hydrogens is 222 g/mol. The van der Waals surface area contributed by atoms with E-state index in [9.17, 15) is 4.79 Å². The molecule has 1 unspecified atom stereocenters. The van der Waals surface area contributed by atoms with Crippen molar-refractivity contribution < 1.29 is 4.79 Å². The zero-order chi connectivity index (χ0) is 12.0. The number of hydrogen-bond acceptors (Lipinski definition) is 4. The number of hydrogen-bond donors (Lipinski definition) is 2. The van der Waals surface area contributed by atoms with Gasteiger partial charge < -0.3 is 11.1 Å². The number of amides is 1. The zero-order valence-electron chi connectivity index (χ0n) is 9.82. The Morgan fingerprint density at radius 3 is 2.94 bits per heavy atom. The van der Waals surface area contributed by atoms with E-state index in [0.29, 0.717) is 19.5 Å². The standard InChI is InChI=1S/C11H19N3OS/c1-3-9(5-12)4-11(15)13-6-10-7-16-8(2)14-10/h7,9H,3-6,12H2,1-2H3,(H,13,15). The molecule has 0 bridgehead atoms. The van der Waals surface area contributed by atoms with Gasteiger partial charge in [0.2, 0.25) is 5.91 Å². The van der Waals surface area contributed by atoms with E-state index in [2.05, 4.69) is 17.2 Å². The van der Waals surface area contributed by atoms with Crippen molar-refractivity contribution in [2.45, 2.75) is 33.2 Å². The quantitative estimate of drug-likeness (QED) is 0.792. The minimum absolute atomic E-state index is 0.0583. The molecule has 0 fully saturated rings. The van der Waals surface area contributed by atoms with Crippen molar-refractivity contribution in [1.29, 1.82) is 0 Å². The molecule has 0 saturated carbocycles. The fourth-order valence-corrected chi connectivity index (χ4v) is 2.02. The Bertz CT molecular complexity index is 334. The van der Waals surface area contributed by atoms with Gasteiger partial charge in [0, 0.05) is 11.8 Å². The summed E-state index contributed by atoms with van der Waals surface area (Å²) in [5.74, 6) is 0.347. The van der Waals surface area contributed by atoms with Crippen LogP contribution >= 0.6 is 11.3 Å². The van der Waals surface area contributed by atoms with Gasteiger partial charge in [-0.1, -0.05) is 13.3 Å². The van der Waals surface area contributed by atoms with Crippen molar-refractivity contribution in [2.24, 2.45) is 11.7 Å². The van der Waals surface area contributed by atoms with Gasteiger partial charge in [-0.25, -0.2) is 4.98 Å². The molecule has 5 heteroatoms. The van der Waals surface area contributed by atoms with Crippen LogP contribution in [0.4, 0.5) is 0 Å². The number of thiazole rings is 1. The summed E-state index contributed by atoms with van der Waals surface area (Å²) < 4.78 is 0. The van der Waals surface area contributed by atoms with Gasteiger partial charge in [-0.05, 0) is 19.4 Å². The second kappa shape index (κ2) is 6.60. The number of nitrogens with zero attached hydrogens (tertiary/aromatic N) is 1. The highest BCUT2D eigenvalue weighted by molar-refractivity contribution is 7.09. The third-order valence-electron chi connectivity index (χ3n) is 2.52. The molecule has 1 atom stereocenters. The lowest BCUT2D eigenvalue weighted by Gasteiger charge is -2.11. The lowest BCUT2D eigenvalue weighted by Crippen LogP contribution is -2.27. The first-order valence-corrected chi connectivity index (χ1v) is 6.41. The summed E-state index contributed by atoms with van der Waals surface area (Å²) in [5.41, 5.74) is 6.48. The summed E-state index contributed by atoms with van der Waals surface area (Å²) in [6.07, 6.45) is 1.45. The van der Waals surface area contributed by atoms with Crippen molar-refractivity contribution in [3.8, 4) is 0 Å². The van der Waals surface area contributed by atoms with Crippen LogP contribution in [-0.2, 0) is 11.3 Å². The number of nitrogens with one attached hydrogen (secondary N) is 1. The Morgan fingerprint density at radius 1 is 1.69 bits per heavy atom. The molecule has 1 aromatic rings. The SMILES string of the molecule is CCC(CN)CC(=O)NCc1csc(C)n1. The number of carbonyl (C=O) groups is 1. The molecule has 1 amide bonds. The lowest BCUT2D eigenvalue weighted by atomic mass is 10.0. The molecule has 0 aliphatic carbocycles. The van der Waals surface area contributed by atoms with E-state index in [1.165, 1.54) is 0 Å². The molecule has 16 heavy (non-hydrogen) atoms. The van der Waals surface area contributed by atoms with Crippen LogP contribution in [0.25, 0.3) is 0 Å². The Balaban J connectivity index is 2.30. The van der Waals surface area contributed by atoms with Gasteiger partial charge in [-0.2, -0.15) is 0 Å². The Labute approximate surface area is 100 Å². The van der Waals surface area contributed by atoms with Crippen LogP contribution in [0.3, 0.4) is 0 Å². The maximum absolute atomic E-state index is 11.6. The average molecular weight is 241 g/mol. The van der Waals surface area contributed by atoms with E-state index in [4.69, 9.17) is 5.73 Å². The molecule has 0 saturated heterocycles. The van der Waals surface area contributed by atoms with E-state index in [1.807, 2.05) is 12.3 Å². The summed E-state index contributed by atoms with van der Waals surface area (Å²) in [5, 5.41) is 5.85. The van der Waals surface area contributed by atoms with Gasteiger partial charge in [-0.15, -0.1) is 11.3 Å². The number of aromatic nitrogens is 1. The van der Waals surface area contributed by atoms with Crippen molar-refractivity contribution in [3.63, 3.8) is 0 Å². The van der Waals surface area contributed by atoms with Gasteiger partial charge in [0.1, 0.15) is 0 Å². The van der Waals surface area contributed by atoms with E-state index in [-0.39, 0.29) is 11.8 Å². The van der Waals surface area contributed by atoms with Crippen LogP contribution in [0, 0.1) is 12.8 Å². The third kappa shape index (κ3) is 4.28. The van der Waals surface area contributed by atoms with Crippen LogP contribution in [0.5, 0.6) is 0 Å². The summed E-state index contributed by atoms with van der Waals surface area (Å²) in [7, 11) is 0. The summed E-state index contributed by atoms with van der Waals surface area (Å²) in [6, 6.07) is 0. The molecular formula is C11H19N3OS. The summed E-state index contributed by atoms with van der Waals surface area (Å²) in [6.45, 7) is 5.09. The van der Waals surface area contributed by atoms with Crippen LogP contribution in [0.1, 0.15) is 30.5 Å². The van der Waals surface area contributed by atoms with Gasteiger partial charge >= 0.3 is 0 Å². The molecule has 0 spiro atoms. The predicted octanol–water partition coefficient (Wildman–Crippen LogP) is 1.44. The first kappa shape index (κ1) is 13.1. The van der Waals surface area contributed by atoms with E-state index >= 15 is 0 Å². The van der Waals surface area contributed by atoms with Crippen LogP contribution in [0.15, 0.2) is 5.38 Å². The summed E-state index contributed by atoms with van der Waals surface area (Å²) >= 11 is 1.60. The van der Waals surface area contributed by atoms with Crippen LogP contribution in [0.2, 0.25) is 0 Å². The maximum Gasteiger partial charge on any atom is 0.220 e. The van der Waals surface area contributed by atoms with Crippen LogP contribution < -0.4 is 11.1 Å². The molecule has 1 rings (SSSR count). The predicted molar refractivity (Wildman–Crippen MR) is 66.2 cm³/mol. The second-order valence-corrected chi connectivity index (χ2v) is 4.91. The van der Waals surface area contributed by atoms with Crippen LogP contribution in [-0.4, -0.2) is 17.4 Å². The highest BCUT2D eigenvalue weighted by Crippen LogP contribution is 2.08. The third-order valence-corrected chi connectivity index (χ3v) is 3.34. The van der Waals surface area contributed by atoms with Gasteiger partial charge in [0.05, 0.1) is 17.2 Å². The van der Waals surface area contributed by atoms with Gasteiger partial charge in [-0.3, -0.25) is 4.79 Å². The molecule has 3 N–H and O–H groups in total. The topological polar surface area (TPSA) is 68.0 Å². The minimum Gasteiger partial charge on any atom is -0.350 e. The number of carbonyl (C=O) groups excluding carboxylic acids is 1. The van der Waals surface area contributed by atoms with E-state index < -0.39 is 0 Å². The van der Waals surface area contributed by atoms with Gasteiger partial charge in [0.25, 0.3) is 0 Å². The zero-order valence-corrected chi connectivity index (χ0v) is 10.6. The first-order chi connectivity index (χ1) is 7.65. The van der Waals surface area contributed by atoms with Gasteiger partial charge in [0.15, 0.2) is 0 Å². The number of aryl methyl sites for hydroxylation is 1. The Hall–Kier alpha value is -0.940. The molecule has 1 heterocycles. The molecule has 0 aromatic carbocycles. The number of rotatable bonds is 6. The fourth-order valence-electron chi connectivity index (χ4n) is 1.41. The molecule has 0 radical (unpaired) electrons. The summed E-state index contributed by atoms with van der Waals surface area (Å²) in [4.78, 5) is 15.8. The van der Waals surface area contributed by atoms with E-state index in [0.717, 1.165) is 17.1 Å². The molecule has 90 valence electrons. The second-order valence-electron chi connectivity index (χ2n) is 3.85. The normalized spacial score (nSPS) is 12.4. The Kier molecular flexibility index (Phi) is 5.42. The molecule has 1 aromatic heterocycles. The van der Waals surface area contributed by atoms with Crippen molar-refractivity contribution in [2.75, 3.05) is 6.54 Å². The van der Waals surface area contributed by atoms with Crippen molar-refractivity contribution in [3.05, 3.63) is 16.1 Å². The fraction of sp³-hybridized carbons (Fsp3) is 0.636. The largest absolute Gasteiger partial charge is 0.350 e. The van der Waals surface area contributed by atoms with Crippen molar-refractivity contribution >= 4 is 17.2 Å². The Morgan fingerprint density at radius 2 is 2.44 bits per heavy atom. The first-order valence-electron chi connectivity index (χ1n) is 5.53. The average Bonchev–Trinajstić information content (AvgIpc) is 2.69. The monoisotopic (exact) mass is 241 g/mol.